The monoisotopic (exact) mass is 506 g/mol. The summed E-state index contributed by atoms with van der Waals surface area (Å²) in [5.74, 6) is 0.261. The molecule has 0 radical (unpaired) electrons. The van der Waals surface area contributed by atoms with Gasteiger partial charge in [-0.2, -0.15) is 0 Å². The van der Waals surface area contributed by atoms with Crippen LogP contribution in [0.5, 0.6) is 11.5 Å². The fraction of sp³-hybridized carbons (Fsp3) is 0.0385. The van der Waals surface area contributed by atoms with Crippen molar-refractivity contribution in [2.24, 2.45) is 0 Å². The number of benzene rings is 3. The molecule has 176 valence electrons. The van der Waals surface area contributed by atoms with Crippen LogP contribution < -0.4 is 14.4 Å². The SMILES string of the molecule is O=C1/C(=C/Nc2ccc(Oc3ccccc3)cc2)S(=O)(=O)N(Cc2cccc(F)c2)c2ccsc21. The van der Waals surface area contributed by atoms with Gasteiger partial charge >= 0.3 is 0 Å². The zero-order chi connectivity index (χ0) is 24.4. The highest BCUT2D eigenvalue weighted by atomic mass is 32.2. The molecular weight excluding hydrogens is 487 g/mol. The summed E-state index contributed by atoms with van der Waals surface area (Å²) in [6.07, 6.45) is 1.20. The molecule has 0 amide bonds. The number of nitrogens with zero attached hydrogens (tertiary/aromatic N) is 1. The maximum atomic E-state index is 13.7. The van der Waals surface area contributed by atoms with Gasteiger partial charge in [0.15, 0.2) is 4.91 Å². The molecular formula is C26H19FN2O4S2. The third kappa shape index (κ3) is 4.68. The van der Waals surface area contributed by atoms with Gasteiger partial charge < -0.3 is 10.1 Å². The number of carbonyl (C=O) groups excluding carboxylic acids is 1. The van der Waals surface area contributed by atoms with Crippen molar-refractivity contribution in [1.29, 1.82) is 0 Å². The minimum absolute atomic E-state index is 0.0973. The van der Waals surface area contributed by atoms with E-state index in [-0.39, 0.29) is 11.4 Å². The van der Waals surface area contributed by atoms with Gasteiger partial charge in [-0.3, -0.25) is 9.10 Å². The smallest absolute Gasteiger partial charge is 0.270 e. The number of ether oxygens (including phenoxy) is 1. The largest absolute Gasteiger partial charge is 0.457 e. The number of anilines is 2. The standard InChI is InChI=1S/C26H19FN2O4S2/c27-19-6-4-5-18(15-19)17-29-23-13-14-34-26(23)25(30)24(35(29,31)32)16-28-20-9-11-22(12-10-20)33-21-7-2-1-3-8-21/h1-16,28H,17H2/b24-16-. The van der Waals surface area contributed by atoms with Crippen molar-refractivity contribution in [2.75, 3.05) is 9.62 Å². The molecule has 1 aliphatic rings. The molecule has 1 N–H and O–H groups in total. The number of Topliss-reactive ketones (excluding diaryl/α,β-unsaturated/α-hetero) is 1. The van der Waals surface area contributed by atoms with E-state index in [4.69, 9.17) is 4.74 Å². The van der Waals surface area contributed by atoms with Crippen molar-refractivity contribution in [2.45, 2.75) is 6.54 Å². The van der Waals surface area contributed by atoms with Gasteiger partial charge in [0.1, 0.15) is 22.2 Å². The molecule has 0 unspecified atom stereocenters. The average Bonchev–Trinajstić information content (AvgIpc) is 3.33. The van der Waals surface area contributed by atoms with Gasteiger partial charge in [-0.05, 0) is 65.5 Å². The first kappa shape index (κ1) is 22.8. The number of carbonyl (C=O) groups is 1. The molecule has 2 heterocycles. The minimum Gasteiger partial charge on any atom is -0.457 e. The van der Waals surface area contributed by atoms with Gasteiger partial charge in [-0.15, -0.1) is 11.3 Å². The Morgan fingerprint density at radius 1 is 0.943 bits per heavy atom. The van der Waals surface area contributed by atoms with E-state index in [9.17, 15) is 17.6 Å². The third-order valence-corrected chi connectivity index (χ3v) is 8.00. The highest BCUT2D eigenvalue weighted by molar-refractivity contribution is 7.97. The molecule has 3 aromatic carbocycles. The maximum Gasteiger partial charge on any atom is 0.270 e. The van der Waals surface area contributed by atoms with Crippen LogP contribution in [0.2, 0.25) is 0 Å². The van der Waals surface area contributed by atoms with E-state index >= 15 is 0 Å². The number of hydrogen-bond donors (Lipinski definition) is 1. The molecule has 6 nitrogen and oxygen atoms in total. The summed E-state index contributed by atoms with van der Waals surface area (Å²) in [7, 11) is -4.18. The Hall–Kier alpha value is -3.95. The molecule has 0 fully saturated rings. The topological polar surface area (TPSA) is 75.7 Å². The van der Waals surface area contributed by atoms with E-state index in [1.807, 2.05) is 30.3 Å². The predicted molar refractivity (Wildman–Crippen MR) is 135 cm³/mol. The molecule has 4 aromatic rings. The van der Waals surface area contributed by atoms with Gasteiger partial charge in [-0.25, -0.2) is 12.8 Å². The first-order chi connectivity index (χ1) is 16.9. The zero-order valence-corrected chi connectivity index (χ0v) is 19.9. The summed E-state index contributed by atoms with van der Waals surface area (Å²) in [6.45, 7) is -0.0973. The molecule has 0 bridgehead atoms. The summed E-state index contributed by atoms with van der Waals surface area (Å²) in [5, 5.41) is 4.57. The van der Waals surface area contributed by atoms with Crippen LogP contribution in [0.4, 0.5) is 15.8 Å². The normalized spacial score (nSPS) is 15.6. The van der Waals surface area contributed by atoms with E-state index in [0.29, 0.717) is 33.3 Å². The summed E-state index contributed by atoms with van der Waals surface area (Å²) in [4.78, 5) is 13.0. The van der Waals surface area contributed by atoms with Gasteiger partial charge in [-0.1, -0.05) is 30.3 Å². The van der Waals surface area contributed by atoms with E-state index in [1.165, 1.54) is 35.7 Å². The zero-order valence-electron chi connectivity index (χ0n) is 18.2. The number of allylic oxidation sites excluding steroid dienone is 1. The first-order valence-corrected chi connectivity index (χ1v) is 12.9. The molecule has 0 spiro atoms. The Balaban J connectivity index is 1.41. The van der Waals surface area contributed by atoms with E-state index in [1.54, 1.807) is 41.8 Å². The molecule has 1 aromatic heterocycles. The molecule has 5 rings (SSSR count). The van der Waals surface area contributed by atoms with Crippen molar-refractivity contribution in [3.63, 3.8) is 0 Å². The van der Waals surface area contributed by atoms with Crippen LogP contribution in [-0.2, 0) is 16.6 Å². The highest BCUT2D eigenvalue weighted by Gasteiger charge is 2.41. The van der Waals surface area contributed by atoms with Gasteiger partial charge in [0.2, 0.25) is 5.78 Å². The second-order valence-electron chi connectivity index (χ2n) is 7.70. The number of nitrogens with one attached hydrogen (secondary N) is 1. The summed E-state index contributed by atoms with van der Waals surface area (Å²) >= 11 is 1.17. The number of fused-ring (bicyclic) bond motifs is 1. The Kier molecular flexibility index (Phi) is 6.10. The number of halogens is 1. The van der Waals surface area contributed by atoms with Crippen molar-refractivity contribution >= 4 is 38.5 Å². The van der Waals surface area contributed by atoms with Crippen molar-refractivity contribution in [1.82, 2.24) is 0 Å². The van der Waals surface area contributed by atoms with Crippen LogP contribution in [0.1, 0.15) is 15.2 Å². The molecule has 35 heavy (non-hydrogen) atoms. The molecule has 9 heteroatoms. The third-order valence-electron chi connectivity index (χ3n) is 5.33. The van der Waals surface area contributed by atoms with Crippen molar-refractivity contribution in [3.8, 4) is 11.5 Å². The lowest BCUT2D eigenvalue weighted by Gasteiger charge is -2.29. The average molecular weight is 507 g/mol. The second-order valence-corrected chi connectivity index (χ2v) is 10.4. The summed E-state index contributed by atoms with van der Waals surface area (Å²) in [6, 6.07) is 23.5. The second kappa shape index (κ2) is 9.36. The van der Waals surface area contributed by atoms with Crippen molar-refractivity contribution in [3.05, 3.63) is 118 Å². The van der Waals surface area contributed by atoms with E-state index < -0.39 is 21.6 Å². The first-order valence-electron chi connectivity index (χ1n) is 10.6. The van der Waals surface area contributed by atoms with E-state index in [0.717, 1.165) is 4.31 Å². The quantitative estimate of drug-likeness (QED) is 0.317. The van der Waals surface area contributed by atoms with Gasteiger partial charge in [0.25, 0.3) is 10.0 Å². The Labute approximate surface area is 206 Å². The lowest BCUT2D eigenvalue weighted by Crippen LogP contribution is -2.38. The lowest BCUT2D eigenvalue weighted by molar-refractivity contribution is 0.104. The Morgan fingerprint density at radius 3 is 2.43 bits per heavy atom. The molecule has 0 atom stereocenters. The number of hydrogen-bond acceptors (Lipinski definition) is 6. The van der Waals surface area contributed by atoms with Gasteiger partial charge in [0, 0.05) is 11.9 Å². The molecule has 1 aliphatic heterocycles. The van der Waals surface area contributed by atoms with E-state index in [2.05, 4.69) is 5.32 Å². The highest BCUT2D eigenvalue weighted by Crippen LogP contribution is 2.39. The number of rotatable bonds is 6. The number of para-hydroxylation sites is 1. The predicted octanol–water partition coefficient (Wildman–Crippen LogP) is 6.17. The van der Waals surface area contributed by atoms with Crippen molar-refractivity contribution < 1.29 is 22.3 Å². The van der Waals surface area contributed by atoms with Crippen LogP contribution in [0, 0.1) is 5.82 Å². The fourth-order valence-electron chi connectivity index (χ4n) is 3.65. The summed E-state index contributed by atoms with van der Waals surface area (Å²) < 4.78 is 47.5. The minimum atomic E-state index is -4.18. The van der Waals surface area contributed by atoms with Crippen LogP contribution >= 0.6 is 11.3 Å². The Bertz CT molecular complexity index is 1510. The molecule has 0 saturated carbocycles. The Morgan fingerprint density at radius 2 is 1.69 bits per heavy atom. The van der Waals surface area contributed by atoms with Crippen LogP contribution in [0.25, 0.3) is 0 Å². The fourth-order valence-corrected chi connectivity index (χ4v) is 6.13. The number of ketones is 1. The van der Waals surface area contributed by atoms with Crippen LogP contribution in [0.3, 0.4) is 0 Å². The van der Waals surface area contributed by atoms with Crippen LogP contribution in [0.15, 0.2) is 101 Å². The summed E-state index contributed by atoms with van der Waals surface area (Å²) in [5.41, 5.74) is 1.35. The van der Waals surface area contributed by atoms with Crippen LogP contribution in [-0.4, -0.2) is 14.2 Å². The lowest BCUT2D eigenvalue weighted by atomic mass is 10.2. The number of sulfonamides is 1. The number of thiophene rings is 1. The molecule has 0 saturated heterocycles. The molecule has 0 aliphatic carbocycles. The van der Waals surface area contributed by atoms with Gasteiger partial charge in [0.05, 0.1) is 12.2 Å². The maximum absolute atomic E-state index is 13.7.